The van der Waals surface area contributed by atoms with Crippen molar-refractivity contribution in [3.63, 3.8) is 0 Å². The van der Waals surface area contributed by atoms with Crippen LogP contribution in [0.4, 0.5) is 0 Å². The predicted octanol–water partition coefficient (Wildman–Crippen LogP) is 3.05. The lowest BCUT2D eigenvalue weighted by Gasteiger charge is -2.16. The zero-order valence-electron chi connectivity index (χ0n) is 17.6. The van der Waals surface area contributed by atoms with Gasteiger partial charge in [0.2, 0.25) is 5.91 Å². The fraction of sp³-hybridized carbons (Fsp3) is 0.318. The molecule has 0 aliphatic heterocycles. The Morgan fingerprint density at radius 3 is 2.63 bits per heavy atom. The smallest absolute Gasteiger partial charge is 0.220 e. The monoisotopic (exact) mass is 403 g/mol. The molecule has 0 spiro atoms. The molecule has 0 fully saturated rings. The van der Waals surface area contributed by atoms with Crippen LogP contribution in [0.1, 0.15) is 47.6 Å². The summed E-state index contributed by atoms with van der Waals surface area (Å²) < 4.78 is 3.55. The average Bonchev–Trinajstić information content (AvgIpc) is 3.37. The molecule has 30 heavy (non-hydrogen) atoms. The standard InChI is InChI=1S/C22H25N7O/c1-14-11-21-25-16(3)20(17(4)29(21)27-14)9-10-22(30)26-15(2)18-5-7-19(8-6-18)28-13-23-12-24-28/h5-8,11-13,15H,9-10H2,1-4H3,(H,26,30)/t15-/m1/s1. The molecule has 1 atom stereocenters. The zero-order chi connectivity index (χ0) is 21.3. The molecule has 0 saturated carbocycles. The van der Waals surface area contributed by atoms with Crippen molar-refractivity contribution in [1.82, 2.24) is 34.7 Å². The molecule has 1 aromatic carbocycles. The lowest BCUT2D eigenvalue weighted by Crippen LogP contribution is -2.27. The number of carbonyl (C=O) groups excluding carboxylic acids is 1. The second-order valence-electron chi connectivity index (χ2n) is 7.54. The fourth-order valence-corrected chi connectivity index (χ4v) is 3.70. The van der Waals surface area contributed by atoms with Crippen molar-refractivity contribution in [2.45, 2.75) is 46.6 Å². The molecule has 4 rings (SSSR count). The lowest BCUT2D eigenvalue weighted by atomic mass is 10.0. The Bertz CT molecular complexity index is 1180. The van der Waals surface area contributed by atoms with Gasteiger partial charge in [-0.1, -0.05) is 12.1 Å². The van der Waals surface area contributed by atoms with E-state index in [1.165, 1.54) is 6.33 Å². The van der Waals surface area contributed by atoms with Gasteiger partial charge in [-0.25, -0.2) is 19.2 Å². The summed E-state index contributed by atoms with van der Waals surface area (Å²) in [5, 5.41) is 11.7. The van der Waals surface area contributed by atoms with Gasteiger partial charge in [-0.3, -0.25) is 4.79 Å². The SMILES string of the molecule is Cc1cc2nc(C)c(CCC(=O)N[C@H](C)c3ccc(-n4cncn4)cc3)c(C)n2n1. The minimum atomic E-state index is -0.0844. The van der Waals surface area contributed by atoms with Gasteiger partial charge >= 0.3 is 0 Å². The van der Waals surface area contributed by atoms with E-state index in [4.69, 9.17) is 0 Å². The summed E-state index contributed by atoms with van der Waals surface area (Å²) in [6, 6.07) is 9.80. The fourth-order valence-electron chi connectivity index (χ4n) is 3.70. The number of hydrogen-bond acceptors (Lipinski definition) is 5. The van der Waals surface area contributed by atoms with Crippen LogP contribution in [-0.2, 0) is 11.2 Å². The van der Waals surface area contributed by atoms with Gasteiger partial charge in [0.1, 0.15) is 12.7 Å². The third kappa shape index (κ3) is 3.94. The number of nitrogens with zero attached hydrogens (tertiary/aromatic N) is 6. The maximum absolute atomic E-state index is 12.6. The van der Waals surface area contributed by atoms with E-state index in [2.05, 4.69) is 25.5 Å². The minimum Gasteiger partial charge on any atom is -0.350 e. The van der Waals surface area contributed by atoms with Crippen molar-refractivity contribution in [3.8, 4) is 5.69 Å². The van der Waals surface area contributed by atoms with Crippen LogP contribution in [0.5, 0.6) is 0 Å². The van der Waals surface area contributed by atoms with E-state index < -0.39 is 0 Å². The van der Waals surface area contributed by atoms with Crippen LogP contribution in [0.15, 0.2) is 43.0 Å². The van der Waals surface area contributed by atoms with Crippen LogP contribution in [0, 0.1) is 20.8 Å². The molecular formula is C22H25N7O. The van der Waals surface area contributed by atoms with E-state index in [0.29, 0.717) is 12.8 Å². The second kappa shape index (κ2) is 8.06. The third-order valence-electron chi connectivity index (χ3n) is 5.34. The van der Waals surface area contributed by atoms with Crippen molar-refractivity contribution < 1.29 is 4.79 Å². The van der Waals surface area contributed by atoms with E-state index in [1.54, 1.807) is 11.0 Å². The topological polar surface area (TPSA) is 90.0 Å². The number of amides is 1. The molecule has 4 aromatic rings. The van der Waals surface area contributed by atoms with Gasteiger partial charge in [0.05, 0.1) is 17.4 Å². The minimum absolute atomic E-state index is 0.0124. The van der Waals surface area contributed by atoms with Crippen LogP contribution >= 0.6 is 0 Å². The summed E-state index contributed by atoms with van der Waals surface area (Å²) in [4.78, 5) is 21.2. The van der Waals surface area contributed by atoms with Crippen LogP contribution in [0.25, 0.3) is 11.3 Å². The number of carbonyl (C=O) groups is 1. The molecule has 0 aliphatic rings. The van der Waals surface area contributed by atoms with E-state index in [9.17, 15) is 4.79 Å². The maximum atomic E-state index is 12.6. The van der Waals surface area contributed by atoms with E-state index in [0.717, 1.165) is 39.5 Å². The highest BCUT2D eigenvalue weighted by molar-refractivity contribution is 5.76. The predicted molar refractivity (Wildman–Crippen MR) is 113 cm³/mol. The molecule has 0 radical (unpaired) electrons. The first-order valence-electron chi connectivity index (χ1n) is 9.99. The van der Waals surface area contributed by atoms with Crippen molar-refractivity contribution in [1.29, 1.82) is 0 Å². The Balaban J connectivity index is 1.39. The lowest BCUT2D eigenvalue weighted by molar-refractivity contribution is -0.121. The third-order valence-corrected chi connectivity index (χ3v) is 5.34. The first-order chi connectivity index (χ1) is 14.4. The molecule has 8 nitrogen and oxygen atoms in total. The van der Waals surface area contributed by atoms with Gasteiger partial charge in [0, 0.05) is 23.9 Å². The van der Waals surface area contributed by atoms with Crippen molar-refractivity contribution in [3.05, 3.63) is 71.2 Å². The number of nitrogens with one attached hydrogen (secondary N) is 1. The van der Waals surface area contributed by atoms with Crippen molar-refractivity contribution in [2.24, 2.45) is 0 Å². The summed E-state index contributed by atoms with van der Waals surface area (Å²) in [7, 11) is 0. The number of fused-ring (bicyclic) bond motifs is 1. The van der Waals surface area contributed by atoms with Gasteiger partial charge in [-0.05, 0) is 57.4 Å². The number of rotatable bonds is 6. The largest absolute Gasteiger partial charge is 0.350 e. The van der Waals surface area contributed by atoms with Gasteiger partial charge in [-0.2, -0.15) is 10.2 Å². The van der Waals surface area contributed by atoms with E-state index in [1.807, 2.05) is 62.5 Å². The molecule has 0 bridgehead atoms. The Hall–Kier alpha value is -3.55. The number of benzene rings is 1. The van der Waals surface area contributed by atoms with Crippen LogP contribution in [-0.4, -0.2) is 35.3 Å². The zero-order valence-corrected chi connectivity index (χ0v) is 17.6. The van der Waals surface area contributed by atoms with Gasteiger partial charge in [0.25, 0.3) is 0 Å². The van der Waals surface area contributed by atoms with Gasteiger partial charge in [0.15, 0.2) is 5.65 Å². The highest BCUT2D eigenvalue weighted by Crippen LogP contribution is 2.18. The Kier molecular flexibility index (Phi) is 5.31. The van der Waals surface area contributed by atoms with Crippen LogP contribution < -0.4 is 5.32 Å². The summed E-state index contributed by atoms with van der Waals surface area (Å²) in [5.74, 6) is 0.0124. The molecule has 0 unspecified atom stereocenters. The Morgan fingerprint density at radius 2 is 1.93 bits per heavy atom. The highest BCUT2D eigenvalue weighted by atomic mass is 16.1. The van der Waals surface area contributed by atoms with Crippen molar-refractivity contribution in [2.75, 3.05) is 0 Å². The van der Waals surface area contributed by atoms with Crippen LogP contribution in [0.2, 0.25) is 0 Å². The molecule has 0 aliphatic carbocycles. The highest BCUT2D eigenvalue weighted by Gasteiger charge is 2.14. The molecule has 3 heterocycles. The Labute approximate surface area is 175 Å². The van der Waals surface area contributed by atoms with Gasteiger partial charge in [-0.15, -0.1) is 0 Å². The molecule has 1 amide bonds. The number of hydrogen-bond donors (Lipinski definition) is 1. The molecule has 8 heteroatoms. The number of aryl methyl sites for hydroxylation is 3. The molecule has 154 valence electrons. The summed E-state index contributed by atoms with van der Waals surface area (Å²) in [5.41, 5.74) is 6.81. The molecule has 0 saturated heterocycles. The number of aromatic nitrogens is 6. The first kappa shape index (κ1) is 19.8. The van der Waals surface area contributed by atoms with Crippen LogP contribution in [0.3, 0.4) is 0 Å². The quantitative estimate of drug-likeness (QED) is 0.534. The Morgan fingerprint density at radius 1 is 1.17 bits per heavy atom. The average molecular weight is 403 g/mol. The molecule has 1 N–H and O–H groups in total. The van der Waals surface area contributed by atoms with E-state index >= 15 is 0 Å². The maximum Gasteiger partial charge on any atom is 0.220 e. The van der Waals surface area contributed by atoms with E-state index in [-0.39, 0.29) is 11.9 Å². The first-order valence-corrected chi connectivity index (χ1v) is 9.99. The summed E-state index contributed by atoms with van der Waals surface area (Å²) >= 11 is 0. The summed E-state index contributed by atoms with van der Waals surface area (Å²) in [6.07, 6.45) is 4.18. The normalized spacial score (nSPS) is 12.3. The molecular weight excluding hydrogens is 378 g/mol. The summed E-state index contributed by atoms with van der Waals surface area (Å²) in [6.45, 7) is 7.96. The molecule has 3 aromatic heterocycles. The second-order valence-corrected chi connectivity index (χ2v) is 7.54. The van der Waals surface area contributed by atoms with Gasteiger partial charge < -0.3 is 5.32 Å². The van der Waals surface area contributed by atoms with Crippen molar-refractivity contribution >= 4 is 11.6 Å².